The number of carbonyl (C=O) groups is 2. The van der Waals surface area contributed by atoms with Crippen LogP contribution in [0.25, 0.3) is 0 Å². The molecule has 0 bridgehead atoms. The number of rotatable bonds is 7. The number of benzene rings is 1. The molecule has 174 valence electrons. The second-order valence-electron chi connectivity index (χ2n) is 10.5. The Morgan fingerprint density at radius 1 is 1.10 bits per heavy atom. The van der Waals surface area contributed by atoms with Crippen LogP contribution in [0.2, 0.25) is 0 Å². The lowest BCUT2D eigenvalue weighted by atomic mass is 9.93. The summed E-state index contributed by atoms with van der Waals surface area (Å²) in [6.07, 6.45) is 6.14. The molecule has 1 aromatic rings. The van der Waals surface area contributed by atoms with E-state index in [1.165, 1.54) is 6.42 Å². The summed E-state index contributed by atoms with van der Waals surface area (Å²) in [6, 6.07) is 6.22. The van der Waals surface area contributed by atoms with E-state index in [0.29, 0.717) is 18.9 Å². The van der Waals surface area contributed by atoms with Gasteiger partial charge < -0.3 is 20.4 Å². The SMILES string of the molecule is CC(C)CC(=O)Nc1ccc(N(C)C)c(CN(C(=O)NC(C)(C)C)C2CCCCC2)c1. The number of anilines is 2. The molecular formula is C25H42N4O2. The van der Waals surface area contributed by atoms with Crippen molar-refractivity contribution in [2.24, 2.45) is 5.92 Å². The number of nitrogens with zero attached hydrogens (tertiary/aromatic N) is 2. The summed E-state index contributed by atoms with van der Waals surface area (Å²) in [7, 11) is 4.02. The zero-order chi connectivity index (χ0) is 23.2. The van der Waals surface area contributed by atoms with Gasteiger partial charge in [-0.2, -0.15) is 0 Å². The van der Waals surface area contributed by atoms with Crippen molar-refractivity contribution in [3.63, 3.8) is 0 Å². The lowest BCUT2D eigenvalue weighted by molar-refractivity contribution is -0.116. The summed E-state index contributed by atoms with van der Waals surface area (Å²) in [5.74, 6) is 0.330. The highest BCUT2D eigenvalue weighted by Gasteiger charge is 2.28. The molecule has 0 radical (unpaired) electrons. The fourth-order valence-corrected chi connectivity index (χ4v) is 4.14. The molecule has 31 heavy (non-hydrogen) atoms. The molecule has 3 amide bonds. The van der Waals surface area contributed by atoms with Gasteiger partial charge in [-0.3, -0.25) is 4.79 Å². The minimum atomic E-state index is -0.291. The molecule has 0 unspecified atom stereocenters. The minimum absolute atomic E-state index is 0.0154. The van der Waals surface area contributed by atoms with Crippen molar-refractivity contribution in [2.45, 2.75) is 91.3 Å². The maximum atomic E-state index is 13.3. The van der Waals surface area contributed by atoms with E-state index in [-0.39, 0.29) is 23.5 Å². The lowest BCUT2D eigenvalue weighted by Crippen LogP contribution is -2.52. The molecule has 1 aliphatic carbocycles. The number of nitrogens with one attached hydrogen (secondary N) is 2. The standard InChI is InChI=1S/C25H42N4O2/c1-18(2)15-23(30)26-20-13-14-22(28(6)7)19(16-20)17-29(21-11-9-8-10-12-21)24(31)27-25(3,4)5/h13-14,16,18,21H,8-12,15,17H2,1-7H3,(H,26,30)(H,27,31). The van der Waals surface area contributed by atoms with Crippen molar-refractivity contribution in [1.29, 1.82) is 0 Å². The number of amides is 3. The van der Waals surface area contributed by atoms with Gasteiger partial charge in [-0.15, -0.1) is 0 Å². The van der Waals surface area contributed by atoms with E-state index in [1.54, 1.807) is 0 Å². The van der Waals surface area contributed by atoms with E-state index in [0.717, 1.165) is 42.6 Å². The largest absolute Gasteiger partial charge is 0.377 e. The van der Waals surface area contributed by atoms with E-state index in [4.69, 9.17) is 0 Å². The fraction of sp³-hybridized carbons (Fsp3) is 0.680. The van der Waals surface area contributed by atoms with Crippen LogP contribution in [0.5, 0.6) is 0 Å². The fourth-order valence-electron chi connectivity index (χ4n) is 4.14. The first-order valence-electron chi connectivity index (χ1n) is 11.6. The molecule has 0 aromatic heterocycles. The van der Waals surface area contributed by atoms with Crippen LogP contribution in [-0.4, -0.2) is 42.5 Å². The smallest absolute Gasteiger partial charge is 0.318 e. The third-order valence-corrected chi connectivity index (χ3v) is 5.54. The van der Waals surface area contributed by atoms with Crippen molar-refractivity contribution >= 4 is 23.3 Å². The lowest BCUT2D eigenvalue weighted by Gasteiger charge is -2.37. The maximum Gasteiger partial charge on any atom is 0.318 e. The molecule has 0 atom stereocenters. The molecule has 0 heterocycles. The Morgan fingerprint density at radius 3 is 2.29 bits per heavy atom. The first-order chi connectivity index (χ1) is 14.5. The highest BCUT2D eigenvalue weighted by Crippen LogP contribution is 2.29. The third kappa shape index (κ3) is 8.08. The Hall–Kier alpha value is -2.24. The summed E-state index contributed by atoms with van der Waals surface area (Å²) in [4.78, 5) is 29.6. The molecule has 0 saturated heterocycles. The van der Waals surface area contributed by atoms with Crippen LogP contribution in [-0.2, 0) is 11.3 Å². The van der Waals surface area contributed by atoms with E-state index in [9.17, 15) is 9.59 Å². The van der Waals surface area contributed by atoms with Gasteiger partial charge in [0.05, 0.1) is 0 Å². The highest BCUT2D eigenvalue weighted by molar-refractivity contribution is 5.91. The molecule has 1 saturated carbocycles. The Kier molecular flexibility index (Phi) is 8.78. The minimum Gasteiger partial charge on any atom is -0.377 e. The summed E-state index contributed by atoms with van der Waals surface area (Å²) < 4.78 is 0. The van der Waals surface area contributed by atoms with Crippen LogP contribution in [0.3, 0.4) is 0 Å². The number of urea groups is 1. The molecule has 6 nitrogen and oxygen atoms in total. The monoisotopic (exact) mass is 430 g/mol. The third-order valence-electron chi connectivity index (χ3n) is 5.54. The van der Waals surface area contributed by atoms with Crippen molar-refractivity contribution in [1.82, 2.24) is 10.2 Å². The second kappa shape index (κ2) is 10.9. The molecule has 0 spiro atoms. The van der Waals surface area contributed by atoms with Gasteiger partial charge in [0.25, 0.3) is 0 Å². The van der Waals surface area contributed by atoms with Crippen LogP contribution in [0.15, 0.2) is 18.2 Å². The molecule has 6 heteroatoms. The van der Waals surface area contributed by atoms with Gasteiger partial charge in [0, 0.05) is 50.0 Å². The first-order valence-corrected chi connectivity index (χ1v) is 11.6. The Labute approximate surface area is 188 Å². The van der Waals surface area contributed by atoms with Crippen LogP contribution in [0, 0.1) is 5.92 Å². The molecular weight excluding hydrogens is 388 g/mol. The predicted molar refractivity (Wildman–Crippen MR) is 130 cm³/mol. The van der Waals surface area contributed by atoms with Gasteiger partial charge in [0.2, 0.25) is 5.91 Å². The van der Waals surface area contributed by atoms with Crippen molar-refractivity contribution < 1.29 is 9.59 Å². The van der Waals surface area contributed by atoms with Gasteiger partial charge in [0.1, 0.15) is 0 Å². The molecule has 0 aliphatic heterocycles. The Balaban J connectivity index is 2.32. The second-order valence-corrected chi connectivity index (χ2v) is 10.5. The van der Waals surface area contributed by atoms with Crippen LogP contribution >= 0.6 is 0 Å². The maximum absolute atomic E-state index is 13.3. The molecule has 1 aliphatic rings. The van der Waals surface area contributed by atoms with Gasteiger partial charge in [0.15, 0.2) is 0 Å². The molecule has 1 fully saturated rings. The first kappa shape index (κ1) is 25.0. The van der Waals surface area contributed by atoms with E-state index >= 15 is 0 Å². The van der Waals surface area contributed by atoms with E-state index in [1.807, 2.05) is 71.8 Å². The summed E-state index contributed by atoms with van der Waals surface area (Å²) >= 11 is 0. The van der Waals surface area contributed by atoms with E-state index in [2.05, 4.69) is 15.5 Å². The van der Waals surface area contributed by atoms with Gasteiger partial charge >= 0.3 is 6.03 Å². The van der Waals surface area contributed by atoms with Gasteiger partial charge in [-0.25, -0.2) is 4.79 Å². The zero-order valence-corrected chi connectivity index (χ0v) is 20.5. The summed E-state index contributed by atoms with van der Waals surface area (Å²) in [6.45, 7) is 10.6. The Bertz CT molecular complexity index is 746. The molecule has 1 aromatic carbocycles. The van der Waals surface area contributed by atoms with Gasteiger partial charge in [-0.05, 0) is 63.3 Å². The topological polar surface area (TPSA) is 64.7 Å². The van der Waals surface area contributed by atoms with Crippen LogP contribution < -0.4 is 15.5 Å². The number of hydrogen-bond acceptors (Lipinski definition) is 3. The normalized spacial score (nSPS) is 15.0. The molecule has 2 rings (SSSR count). The highest BCUT2D eigenvalue weighted by atomic mass is 16.2. The quantitative estimate of drug-likeness (QED) is 0.610. The average molecular weight is 431 g/mol. The van der Waals surface area contributed by atoms with Crippen molar-refractivity contribution in [3.8, 4) is 0 Å². The van der Waals surface area contributed by atoms with Crippen molar-refractivity contribution in [3.05, 3.63) is 23.8 Å². The van der Waals surface area contributed by atoms with Crippen molar-refractivity contribution in [2.75, 3.05) is 24.3 Å². The number of carbonyl (C=O) groups excluding carboxylic acids is 2. The van der Waals surface area contributed by atoms with Crippen LogP contribution in [0.4, 0.5) is 16.2 Å². The molecule has 2 N–H and O–H groups in total. The summed E-state index contributed by atoms with van der Waals surface area (Å²) in [5.41, 5.74) is 2.60. The zero-order valence-electron chi connectivity index (χ0n) is 20.5. The average Bonchev–Trinajstić information content (AvgIpc) is 2.64. The Morgan fingerprint density at radius 2 is 1.74 bits per heavy atom. The predicted octanol–water partition coefficient (Wildman–Crippen LogP) is 5.38. The van der Waals surface area contributed by atoms with Gasteiger partial charge in [-0.1, -0.05) is 33.1 Å². The van der Waals surface area contributed by atoms with Crippen LogP contribution in [0.1, 0.15) is 78.7 Å². The van der Waals surface area contributed by atoms with E-state index < -0.39 is 0 Å². The number of hydrogen-bond donors (Lipinski definition) is 2. The summed E-state index contributed by atoms with van der Waals surface area (Å²) in [5, 5.41) is 6.18.